The number of aldehydes is 1. The van der Waals surface area contributed by atoms with Gasteiger partial charge >= 0.3 is 0 Å². The molecule has 0 amide bonds. The van der Waals surface area contributed by atoms with E-state index in [0.717, 1.165) is 19.1 Å². The van der Waals surface area contributed by atoms with Crippen molar-refractivity contribution in [3.8, 4) is 0 Å². The molecule has 1 fully saturated rings. The number of ether oxygens (including phenoxy) is 1. The number of aromatic amines is 1. The summed E-state index contributed by atoms with van der Waals surface area (Å²) in [7, 11) is 0. The molecule has 1 aromatic heterocycles. The van der Waals surface area contributed by atoms with E-state index < -0.39 is 6.23 Å². The van der Waals surface area contributed by atoms with Gasteiger partial charge in [0.05, 0.1) is 6.61 Å². The van der Waals surface area contributed by atoms with Gasteiger partial charge in [-0.05, 0) is 31.9 Å². The summed E-state index contributed by atoms with van der Waals surface area (Å²) in [6.07, 6.45) is 4.21. The van der Waals surface area contributed by atoms with Crippen molar-refractivity contribution in [3.63, 3.8) is 0 Å². The molecular weight excluding hydrogens is 192 g/mol. The van der Waals surface area contributed by atoms with Crippen molar-refractivity contribution in [1.29, 1.82) is 0 Å². The highest BCUT2D eigenvalue weighted by Gasteiger charge is 2.34. The number of carbonyl (C=O) groups is 1. The lowest BCUT2D eigenvalue weighted by atomic mass is 9.97. The maximum atomic E-state index is 10.5. The summed E-state index contributed by atoms with van der Waals surface area (Å²) in [5.41, 5.74) is 1.13. The van der Waals surface area contributed by atoms with E-state index >= 15 is 0 Å². The zero-order valence-electron chi connectivity index (χ0n) is 8.82. The molecule has 1 aliphatic heterocycles. The second-order valence-electron chi connectivity index (χ2n) is 4.27. The standard InChI is InChI=1S/C11H16N2O2/c1-11(8-15-10(7-14)13-11)5-4-9-3-2-6-12-9/h2-3,6-7,10,12-13H,4-5,8H2,1H3. The number of hydrogen-bond acceptors (Lipinski definition) is 3. The van der Waals surface area contributed by atoms with Crippen molar-refractivity contribution in [2.75, 3.05) is 6.61 Å². The molecular formula is C11H16N2O2. The molecule has 1 aromatic rings. The molecule has 4 nitrogen and oxygen atoms in total. The average molecular weight is 208 g/mol. The molecule has 2 unspecified atom stereocenters. The predicted octanol–water partition coefficient (Wildman–Crippen LogP) is 0.851. The Balaban J connectivity index is 1.86. The Hall–Kier alpha value is -1.13. The SMILES string of the molecule is CC1(CCc2ccc[nH]2)COC(C=O)N1. The molecule has 2 N–H and O–H groups in total. The average Bonchev–Trinajstić information content (AvgIpc) is 2.84. The molecule has 0 aromatic carbocycles. The van der Waals surface area contributed by atoms with Gasteiger partial charge in [0.2, 0.25) is 0 Å². The van der Waals surface area contributed by atoms with E-state index in [4.69, 9.17) is 4.74 Å². The zero-order valence-corrected chi connectivity index (χ0v) is 8.82. The van der Waals surface area contributed by atoms with Crippen molar-refractivity contribution in [2.45, 2.75) is 31.5 Å². The molecule has 0 aliphatic carbocycles. The molecule has 0 saturated carbocycles. The highest BCUT2D eigenvalue weighted by atomic mass is 16.5. The fourth-order valence-electron chi connectivity index (χ4n) is 1.85. The normalized spacial score (nSPS) is 30.6. The van der Waals surface area contributed by atoms with Gasteiger partial charge in [-0.25, -0.2) is 0 Å². The molecule has 15 heavy (non-hydrogen) atoms. The maximum absolute atomic E-state index is 10.5. The zero-order chi connectivity index (χ0) is 10.7. The van der Waals surface area contributed by atoms with Gasteiger partial charge in [-0.1, -0.05) is 0 Å². The van der Waals surface area contributed by atoms with Crippen molar-refractivity contribution in [3.05, 3.63) is 24.0 Å². The van der Waals surface area contributed by atoms with E-state index in [0.29, 0.717) is 6.61 Å². The van der Waals surface area contributed by atoms with Gasteiger partial charge in [0.15, 0.2) is 12.5 Å². The quantitative estimate of drug-likeness (QED) is 0.721. The van der Waals surface area contributed by atoms with E-state index in [1.54, 1.807) is 0 Å². The van der Waals surface area contributed by atoms with E-state index in [9.17, 15) is 4.79 Å². The van der Waals surface area contributed by atoms with E-state index in [1.165, 1.54) is 5.69 Å². The van der Waals surface area contributed by atoms with Gasteiger partial charge in [0.25, 0.3) is 0 Å². The van der Waals surface area contributed by atoms with Crippen molar-refractivity contribution in [1.82, 2.24) is 10.3 Å². The minimum Gasteiger partial charge on any atom is -0.365 e. The number of aryl methyl sites for hydroxylation is 1. The molecule has 0 radical (unpaired) electrons. The third-order valence-corrected chi connectivity index (χ3v) is 2.80. The highest BCUT2D eigenvalue weighted by Crippen LogP contribution is 2.20. The maximum Gasteiger partial charge on any atom is 0.165 e. The number of carbonyl (C=O) groups excluding carboxylic acids is 1. The van der Waals surface area contributed by atoms with Crippen LogP contribution in [0.2, 0.25) is 0 Å². The molecule has 4 heteroatoms. The number of hydrogen-bond donors (Lipinski definition) is 2. The third-order valence-electron chi connectivity index (χ3n) is 2.80. The van der Waals surface area contributed by atoms with Crippen LogP contribution < -0.4 is 5.32 Å². The minimum atomic E-state index is -0.432. The summed E-state index contributed by atoms with van der Waals surface area (Å²) in [5, 5.41) is 3.18. The summed E-state index contributed by atoms with van der Waals surface area (Å²) < 4.78 is 5.30. The number of H-pyrrole nitrogens is 1. The summed E-state index contributed by atoms with van der Waals surface area (Å²) in [6, 6.07) is 4.06. The van der Waals surface area contributed by atoms with Crippen LogP contribution in [0, 0.1) is 0 Å². The first-order valence-electron chi connectivity index (χ1n) is 5.19. The third kappa shape index (κ3) is 2.46. The van der Waals surface area contributed by atoms with E-state index in [1.807, 2.05) is 12.3 Å². The molecule has 1 saturated heterocycles. The fourth-order valence-corrected chi connectivity index (χ4v) is 1.85. The van der Waals surface area contributed by atoms with Crippen LogP contribution in [0.4, 0.5) is 0 Å². The predicted molar refractivity (Wildman–Crippen MR) is 56.5 cm³/mol. The van der Waals surface area contributed by atoms with Crippen molar-refractivity contribution in [2.24, 2.45) is 0 Å². The lowest BCUT2D eigenvalue weighted by Gasteiger charge is -2.22. The molecule has 2 rings (SSSR count). The largest absolute Gasteiger partial charge is 0.365 e. The first kappa shape index (κ1) is 10.4. The van der Waals surface area contributed by atoms with Gasteiger partial charge in [0, 0.05) is 17.4 Å². The van der Waals surface area contributed by atoms with Crippen LogP contribution in [0.3, 0.4) is 0 Å². The van der Waals surface area contributed by atoms with Crippen LogP contribution in [0.15, 0.2) is 18.3 Å². The molecule has 1 aliphatic rings. The number of nitrogens with one attached hydrogen (secondary N) is 2. The Morgan fingerprint density at radius 2 is 2.60 bits per heavy atom. The van der Waals surface area contributed by atoms with Crippen LogP contribution in [-0.4, -0.2) is 29.6 Å². The van der Waals surface area contributed by atoms with Crippen LogP contribution in [0.5, 0.6) is 0 Å². The van der Waals surface area contributed by atoms with Crippen LogP contribution in [-0.2, 0) is 16.0 Å². The summed E-state index contributed by atoms with van der Waals surface area (Å²) >= 11 is 0. The Bertz CT molecular complexity index is 323. The molecule has 0 bridgehead atoms. The number of aromatic nitrogens is 1. The first-order chi connectivity index (χ1) is 7.22. The highest BCUT2D eigenvalue weighted by molar-refractivity contribution is 5.56. The Kier molecular flexibility index (Phi) is 2.88. The van der Waals surface area contributed by atoms with Gasteiger partial charge < -0.3 is 9.72 Å². The van der Waals surface area contributed by atoms with Crippen LogP contribution in [0.25, 0.3) is 0 Å². The van der Waals surface area contributed by atoms with E-state index in [2.05, 4.69) is 23.3 Å². The fraction of sp³-hybridized carbons (Fsp3) is 0.545. The lowest BCUT2D eigenvalue weighted by Crippen LogP contribution is -2.43. The van der Waals surface area contributed by atoms with Crippen molar-refractivity contribution < 1.29 is 9.53 Å². The summed E-state index contributed by atoms with van der Waals surface area (Å²) in [4.78, 5) is 13.7. The topological polar surface area (TPSA) is 54.1 Å². The summed E-state index contributed by atoms with van der Waals surface area (Å²) in [5.74, 6) is 0. The van der Waals surface area contributed by atoms with Crippen LogP contribution >= 0.6 is 0 Å². The summed E-state index contributed by atoms with van der Waals surface area (Å²) in [6.45, 7) is 2.68. The Morgan fingerprint density at radius 3 is 3.20 bits per heavy atom. The lowest BCUT2D eigenvalue weighted by molar-refractivity contribution is -0.116. The van der Waals surface area contributed by atoms with Gasteiger partial charge in [0.1, 0.15) is 0 Å². The Morgan fingerprint density at radius 1 is 1.73 bits per heavy atom. The smallest absolute Gasteiger partial charge is 0.165 e. The number of rotatable bonds is 4. The van der Waals surface area contributed by atoms with E-state index in [-0.39, 0.29) is 5.54 Å². The Labute approximate surface area is 89.0 Å². The van der Waals surface area contributed by atoms with Crippen molar-refractivity contribution >= 4 is 6.29 Å². The first-order valence-corrected chi connectivity index (χ1v) is 5.19. The molecule has 82 valence electrons. The second-order valence-corrected chi connectivity index (χ2v) is 4.27. The second kappa shape index (κ2) is 4.16. The monoisotopic (exact) mass is 208 g/mol. The van der Waals surface area contributed by atoms with Gasteiger partial charge in [-0.15, -0.1) is 0 Å². The van der Waals surface area contributed by atoms with Gasteiger partial charge in [-0.3, -0.25) is 10.1 Å². The minimum absolute atomic E-state index is 0.0866. The molecule has 0 spiro atoms. The molecule has 2 heterocycles. The van der Waals surface area contributed by atoms with Gasteiger partial charge in [-0.2, -0.15) is 0 Å². The van der Waals surface area contributed by atoms with Crippen LogP contribution in [0.1, 0.15) is 19.0 Å². The molecule has 2 atom stereocenters.